The van der Waals surface area contributed by atoms with Crippen LogP contribution in [0.2, 0.25) is 13.1 Å². The quantitative estimate of drug-likeness (QED) is 0.586. The van der Waals surface area contributed by atoms with E-state index in [2.05, 4.69) is 62.5 Å². The summed E-state index contributed by atoms with van der Waals surface area (Å²) in [6, 6.07) is 10.7. The van der Waals surface area contributed by atoms with Crippen LogP contribution >= 0.6 is 0 Å². The molecule has 0 N–H and O–H groups in total. The number of rotatable bonds is 3. The van der Waals surface area contributed by atoms with Crippen LogP contribution in [0.1, 0.15) is 19.8 Å². The lowest BCUT2D eigenvalue weighted by Gasteiger charge is -2.33. The van der Waals surface area contributed by atoms with Crippen LogP contribution in [-0.2, 0) is 4.43 Å². The normalized spacial score (nSPS) is 24.9. The monoisotopic (exact) mass is 246 g/mol. The Morgan fingerprint density at radius 1 is 1.18 bits per heavy atom. The van der Waals surface area contributed by atoms with Gasteiger partial charge in [-0.1, -0.05) is 49.4 Å². The fraction of sp³-hybridized carbons (Fsp3) is 0.467. The first-order chi connectivity index (χ1) is 8.09. The van der Waals surface area contributed by atoms with Crippen molar-refractivity contribution in [3.05, 3.63) is 42.5 Å². The maximum absolute atomic E-state index is 6.46. The van der Waals surface area contributed by atoms with Gasteiger partial charge in [0.05, 0.1) is 6.10 Å². The predicted molar refractivity (Wildman–Crippen MR) is 76.0 cm³/mol. The average molecular weight is 246 g/mol. The Labute approximate surface area is 106 Å². The van der Waals surface area contributed by atoms with Crippen molar-refractivity contribution in [2.24, 2.45) is 5.92 Å². The van der Waals surface area contributed by atoms with Crippen LogP contribution in [0.5, 0.6) is 0 Å². The Morgan fingerprint density at radius 3 is 2.53 bits per heavy atom. The molecule has 0 bridgehead atoms. The van der Waals surface area contributed by atoms with Crippen molar-refractivity contribution in [2.75, 3.05) is 0 Å². The summed E-state index contributed by atoms with van der Waals surface area (Å²) in [5.74, 6) is 0.555. The molecule has 17 heavy (non-hydrogen) atoms. The van der Waals surface area contributed by atoms with Crippen molar-refractivity contribution in [2.45, 2.75) is 39.0 Å². The second-order valence-electron chi connectivity index (χ2n) is 5.40. The van der Waals surface area contributed by atoms with E-state index in [1.54, 1.807) is 0 Å². The first-order valence-electron chi connectivity index (χ1n) is 6.49. The fourth-order valence-electron chi connectivity index (χ4n) is 2.41. The highest BCUT2D eigenvalue weighted by atomic mass is 28.4. The van der Waals surface area contributed by atoms with Gasteiger partial charge < -0.3 is 4.43 Å². The molecule has 0 heterocycles. The molecule has 1 aliphatic carbocycles. The van der Waals surface area contributed by atoms with Crippen molar-refractivity contribution >= 4 is 13.5 Å². The molecule has 0 saturated carbocycles. The average Bonchev–Trinajstić information content (AvgIpc) is 2.33. The molecule has 2 rings (SSSR count). The molecule has 0 unspecified atom stereocenters. The Kier molecular flexibility index (Phi) is 3.85. The molecule has 1 nitrogen and oxygen atoms in total. The van der Waals surface area contributed by atoms with Crippen molar-refractivity contribution in [3.63, 3.8) is 0 Å². The van der Waals surface area contributed by atoms with E-state index >= 15 is 0 Å². The zero-order valence-electron chi connectivity index (χ0n) is 11.0. The SMILES string of the molecule is C[C@@H]1C=CCC[C@H]1O[Si](C)(C)c1ccccc1. The molecule has 0 saturated heterocycles. The first-order valence-corrected chi connectivity index (χ1v) is 9.40. The van der Waals surface area contributed by atoms with Crippen molar-refractivity contribution in [3.8, 4) is 0 Å². The lowest BCUT2D eigenvalue weighted by atomic mass is 9.95. The largest absolute Gasteiger partial charge is 0.409 e. The summed E-state index contributed by atoms with van der Waals surface area (Å²) in [7, 11) is -1.74. The van der Waals surface area contributed by atoms with E-state index in [0.29, 0.717) is 12.0 Å². The third-order valence-corrected chi connectivity index (χ3v) is 6.17. The molecular weight excluding hydrogens is 224 g/mol. The van der Waals surface area contributed by atoms with Gasteiger partial charge in [-0.05, 0) is 37.0 Å². The topological polar surface area (TPSA) is 9.23 Å². The highest BCUT2D eigenvalue weighted by Gasteiger charge is 2.31. The van der Waals surface area contributed by atoms with Gasteiger partial charge in [0, 0.05) is 0 Å². The third-order valence-electron chi connectivity index (χ3n) is 3.56. The minimum atomic E-state index is -1.74. The Morgan fingerprint density at radius 2 is 1.88 bits per heavy atom. The van der Waals surface area contributed by atoms with E-state index in [0.717, 1.165) is 6.42 Å². The van der Waals surface area contributed by atoms with E-state index < -0.39 is 8.32 Å². The van der Waals surface area contributed by atoms with Crippen LogP contribution in [0.4, 0.5) is 0 Å². The van der Waals surface area contributed by atoms with Crippen molar-refractivity contribution in [1.82, 2.24) is 0 Å². The van der Waals surface area contributed by atoms with Gasteiger partial charge in [-0.25, -0.2) is 0 Å². The number of benzene rings is 1. The summed E-state index contributed by atoms with van der Waals surface area (Å²) < 4.78 is 6.46. The molecule has 2 atom stereocenters. The summed E-state index contributed by atoms with van der Waals surface area (Å²) in [6.45, 7) is 6.86. The summed E-state index contributed by atoms with van der Waals surface area (Å²) in [4.78, 5) is 0. The molecule has 0 radical (unpaired) electrons. The van der Waals surface area contributed by atoms with Gasteiger partial charge in [0.1, 0.15) is 0 Å². The second kappa shape index (κ2) is 5.19. The zero-order chi connectivity index (χ0) is 12.3. The second-order valence-corrected chi connectivity index (χ2v) is 9.23. The summed E-state index contributed by atoms with van der Waals surface area (Å²) in [6.07, 6.45) is 7.31. The van der Waals surface area contributed by atoms with Crippen LogP contribution in [-0.4, -0.2) is 14.4 Å². The summed E-state index contributed by atoms with van der Waals surface area (Å²) in [5, 5.41) is 1.39. The number of hydrogen-bond donors (Lipinski definition) is 0. The van der Waals surface area contributed by atoms with Gasteiger partial charge in [-0.15, -0.1) is 0 Å². The first kappa shape index (κ1) is 12.6. The smallest absolute Gasteiger partial charge is 0.218 e. The minimum absolute atomic E-state index is 0.405. The maximum atomic E-state index is 6.46. The molecule has 0 fully saturated rings. The van der Waals surface area contributed by atoms with E-state index in [1.807, 2.05) is 0 Å². The van der Waals surface area contributed by atoms with Crippen LogP contribution < -0.4 is 5.19 Å². The standard InChI is InChI=1S/C15H22OSi/c1-13-9-7-8-12-15(13)16-17(2,3)14-10-5-4-6-11-14/h4-7,9-11,13,15H,8,12H2,1-3H3/t13-,15-/m1/s1. The van der Waals surface area contributed by atoms with Gasteiger partial charge in [-0.2, -0.15) is 0 Å². The van der Waals surface area contributed by atoms with E-state index in [1.165, 1.54) is 11.6 Å². The predicted octanol–water partition coefficient (Wildman–Crippen LogP) is 3.47. The van der Waals surface area contributed by atoms with Gasteiger partial charge in [-0.3, -0.25) is 0 Å². The molecule has 0 aliphatic heterocycles. The van der Waals surface area contributed by atoms with E-state index in [9.17, 15) is 0 Å². The molecular formula is C15H22OSi. The van der Waals surface area contributed by atoms with E-state index in [4.69, 9.17) is 4.43 Å². The Hall–Kier alpha value is -0.863. The summed E-state index contributed by atoms with van der Waals surface area (Å²) >= 11 is 0. The molecule has 92 valence electrons. The van der Waals surface area contributed by atoms with Gasteiger partial charge in [0.2, 0.25) is 8.32 Å². The number of hydrogen-bond acceptors (Lipinski definition) is 1. The molecule has 0 spiro atoms. The number of allylic oxidation sites excluding steroid dienone is 1. The van der Waals surface area contributed by atoms with Crippen LogP contribution in [0.3, 0.4) is 0 Å². The zero-order valence-corrected chi connectivity index (χ0v) is 12.0. The van der Waals surface area contributed by atoms with Gasteiger partial charge in [0.15, 0.2) is 0 Å². The fourth-order valence-corrected chi connectivity index (χ4v) is 4.63. The molecule has 0 amide bonds. The molecule has 1 aliphatic rings. The Bertz CT molecular complexity index is 383. The molecule has 1 aromatic carbocycles. The lowest BCUT2D eigenvalue weighted by molar-refractivity contribution is 0.145. The van der Waals surface area contributed by atoms with Crippen LogP contribution in [0.15, 0.2) is 42.5 Å². The highest BCUT2D eigenvalue weighted by Crippen LogP contribution is 2.24. The summed E-state index contributed by atoms with van der Waals surface area (Å²) in [5.41, 5.74) is 0. The maximum Gasteiger partial charge on any atom is 0.218 e. The molecule has 0 aromatic heterocycles. The molecule has 2 heteroatoms. The molecule has 1 aromatic rings. The Balaban J connectivity index is 2.09. The van der Waals surface area contributed by atoms with E-state index in [-0.39, 0.29) is 0 Å². The van der Waals surface area contributed by atoms with Gasteiger partial charge >= 0.3 is 0 Å². The van der Waals surface area contributed by atoms with Crippen molar-refractivity contribution < 1.29 is 4.43 Å². The van der Waals surface area contributed by atoms with Gasteiger partial charge in [0.25, 0.3) is 0 Å². The third kappa shape index (κ3) is 3.08. The van der Waals surface area contributed by atoms with Crippen molar-refractivity contribution in [1.29, 1.82) is 0 Å². The lowest BCUT2D eigenvalue weighted by Crippen LogP contribution is -2.48. The minimum Gasteiger partial charge on any atom is -0.409 e. The van der Waals surface area contributed by atoms with Crippen LogP contribution in [0, 0.1) is 5.92 Å². The van der Waals surface area contributed by atoms with Crippen LogP contribution in [0.25, 0.3) is 0 Å². The highest BCUT2D eigenvalue weighted by molar-refractivity contribution is 6.84.